The molecule has 0 aromatic heterocycles. The Morgan fingerprint density at radius 3 is 2.71 bits per heavy atom. The molecule has 1 N–H and O–H groups in total. The highest BCUT2D eigenvalue weighted by Gasteiger charge is 2.40. The molecule has 0 saturated carbocycles. The van der Waals surface area contributed by atoms with Crippen molar-refractivity contribution in [1.82, 2.24) is 5.32 Å². The molecule has 1 fully saturated rings. The average molecular weight is 344 g/mol. The number of ether oxygens (including phenoxy) is 1. The van der Waals surface area contributed by atoms with Gasteiger partial charge in [-0.2, -0.15) is 0 Å². The number of ketones is 1. The summed E-state index contributed by atoms with van der Waals surface area (Å²) in [6.45, 7) is 3.01. The Balaban J connectivity index is 1.88. The van der Waals surface area contributed by atoms with Crippen molar-refractivity contribution in [3.05, 3.63) is 59.1 Å². The normalized spacial score (nSPS) is 20.1. The summed E-state index contributed by atoms with van der Waals surface area (Å²) in [6, 6.07) is 14.7. The quantitative estimate of drug-likeness (QED) is 0.729. The smallest absolute Gasteiger partial charge is 0.182 e. The zero-order chi connectivity index (χ0) is 17.0. The van der Waals surface area contributed by atoms with Gasteiger partial charge in [-0.1, -0.05) is 43.1 Å². The van der Waals surface area contributed by atoms with Crippen LogP contribution in [0.3, 0.4) is 0 Å². The van der Waals surface area contributed by atoms with Gasteiger partial charge >= 0.3 is 0 Å². The molecule has 1 aliphatic heterocycles. The van der Waals surface area contributed by atoms with Crippen molar-refractivity contribution in [2.45, 2.75) is 38.1 Å². The first kappa shape index (κ1) is 17.0. The number of benzene rings is 2. The predicted molar refractivity (Wildman–Crippen MR) is 97.2 cm³/mol. The van der Waals surface area contributed by atoms with E-state index in [-0.39, 0.29) is 5.78 Å². The van der Waals surface area contributed by atoms with E-state index in [0.717, 1.165) is 32.2 Å². The van der Waals surface area contributed by atoms with E-state index in [0.29, 0.717) is 22.1 Å². The third-order valence-corrected chi connectivity index (χ3v) is 4.83. The van der Waals surface area contributed by atoms with E-state index in [1.165, 1.54) is 0 Å². The van der Waals surface area contributed by atoms with Crippen LogP contribution in [0.15, 0.2) is 48.5 Å². The maximum Gasteiger partial charge on any atom is 0.182 e. The fourth-order valence-corrected chi connectivity index (χ4v) is 3.52. The molecule has 3 rings (SSSR count). The number of halogens is 1. The lowest BCUT2D eigenvalue weighted by molar-refractivity contribution is 0.0857. The molecule has 0 aliphatic carbocycles. The molecule has 1 saturated heterocycles. The monoisotopic (exact) mass is 343 g/mol. The Morgan fingerprint density at radius 1 is 1.25 bits per heavy atom. The summed E-state index contributed by atoms with van der Waals surface area (Å²) in [5.41, 5.74) is 0.209. The van der Waals surface area contributed by atoms with E-state index in [1.807, 2.05) is 30.3 Å². The minimum absolute atomic E-state index is 0.136. The van der Waals surface area contributed by atoms with Crippen molar-refractivity contribution in [1.29, 1.82) is 0 Å². The Hall–Kier alpha value is -1.84. The summed E-state index contributed by atoms with van der Waals surface area (Å²) in [7, 11) is 0. The van der Waals surface area contributed by atoms with Crippen LogP contribution < -0.4 is 10.1 Å². The average Bonchev–Trinajstić information content (AvgIpc) is 3.07. The lowest BCUT2D eigenvalue weighted by Gasteiger charge is -2.28. The van der Waals surface area contributed by atoms with Crippen LogP contribution in [-0.2, 0) is 0 Å². The maximum absolute atomic E-state index is 13.1. The van der Waals surface area contributed by atoms with Gasteiger partial charge in [-0.05, 0) is 56.1 Å². The lowest BCUT2D eigenvalue weighted by atomic mass is 9.84. The Morgan fingerprint density at radius 2 is 2.04 bits per heavy atom. The van der Waals surface area contributed by atoms with Gasteiger partial charge in [-0.25, -0.2) is 0 Å². The van der Waals surface area contributed by atoms with Gasteiger partial charge < -0.3 is 10.1 Å². The molecule has 0 bridgehead atoms. The highest BCUT2D eigenvalue weighted by Crippen LogP contribution is 2.34. The molecular weight excluding hydrogens is 322 g/mol. The number of hydrogen-bond donors (Lipinski definition) is 1. The van der Waals surface area contributed by atoms with E-state index < -0.39 is 5.54 Å². The van der Waals surface area contributed by atoms with Crippen LogP contribution >= 0.6 is 11.6 Å². The van der Waals surface area contributed by atoms with Gasteiger partial charge in [0.15, 0.2) is 5.78 Å². The summed E-state index contributed by atoms with van der Waals surface area (Å²) in [5, 5.41) is 3.93. The number of hydrogen-bond acceptors (Lipinski definition) is 3. The van der Waals surface area contributed by atoms with Gasteiger partial charge in [-0.3, -0.25) is 4.79 Å². The van der Waals surface area contributed by atoms with Crippen LogP contribution in [0.2, 0.25) is 5.02 Å². The molecular formula is C20H22ClNO2. The number of carbonyl (C=O) groups excluding carboxylic acids is 1. The molecule has 1 atom stereocenters. The summed E-state index contributed by atoms with van der Waals surface area (Å²) in [4.78, 5) is 13.1. The molecule has 1 heterocycles. The number of carbonyl (C=O) groups is 1. The van der Waals surface area contributed by atoms with Gasteiger partial charge in [0.05, 0.1) is 10.6 Å². The number of rotatable bonds is 6. The van der Waals surface area contributed by atoms with Crippen LogP contribution in [0.1, 0.15) is 43.0 Å². The van der Waals surface area contributed by atoms with Crippen molar-refractivity contribution in [2.75, 3.05) is 6.54 Å². The number of para-hydroxylation sites is 1. The summed E-state index contributed by atoms with van der Waals surface area (Å²) < 4.78 is 5.85. The van der Waals surface area contributed by atoms with Crippen LogP contribution in [0.4, 0.5) is 0 Å². The van der Waals surface area contributed by atoms with Crippen LogP contribution in [0.5, 0.6) is 11.5 Å². The van der Waals surface area contributed by atoms with Crippen molar-refractivity contribution >= 4 is 17.4 Å². The molecule has 4 heteroatoms. The van der Waals surface area contributed by atoms with E-state index >= 15 is 0 Å². The molecule has 0 amide bonds. The first-order valence-corrected chi connectivity index (χ1v) is 8.85. The van der Waals surface area contributed by atoms with Crippen LogP contribution in [0.25, 0.3) is 0 Å². The Kier molecular flexibility index (Phi) is 5.22. The van der Waals surface area contributed by atoms with E-state index in [4.69, 9.17) is 16.3 Å². The SMILES string of the molecule is CCC[C@]1(C(=O)c2ccc(Cl)c(Oc3ccccc3)c2)CCCN1. The molecule has 24 heavy (non-hydrogen) atoms. The Labute approximate surface area is 148 Å². The van der Waals surface area contributed by atoms with Crippen molar-refractivity contribution < 1.29 is 9.53 Å². The molecule has 2 aromatic rings. The van der Waals surface area contributed by atoms with Crippen molar-refractivity contribution in [3.8, 4) is 11.5 Å². The topological polar surface area (TPSA) is 38.3 Å². The molecule has 0 spiro atoms. The predicted octanol–water partition coefficient (Wildman–Crippen LogP) is 5.24. The van der Waals surface area contributed by atoms with Crippen molar-refractivity contribution in [2.24, 2.45) is 0 Å². The van der Waals surface area contributed by atoms with Gasteiger partial charge in [0.25, 0.3) is 0 Å². The summed E-state index contributed by atoms with van der Waals surface area (Å²) in [5.74, 6) is 1.35. The van der Waals surface area contributed by atoms with Gasteiger partial charge in [0.1, 0.15) is 11.5 Å². The zero-order valence-corrected chi connectivity index (χ0v) is 14.6. The minimum Gasteiger partial charge on any atom is -0.456 e. The molecule has 0 radical (unpaired) electrons. The third-order valence-electron chi connectivity index (χ3n) is 4.52. The fourth-order valence-electron chi connectivity index (χ4n) is 3.37. The summed E-state index contributed by atoms with van der Waals surface area (Å²) in [6.07, 6.45) is 3.74. The number of nitrogens with one attached hydrogen (secondary N) is 1. The molecule has 1 aliphatic rings. The second-order valence-corrected chi connectivity index (χ2v) is 6.66. The maximum atomic E-state index is 13.1. The van der Waals surface area contributed by atoms with E-state index in [9.17, 15) is 4.79 Å². The number of Topliss-reactive ketones (excluding diaryl/α,β-unsaturated/α-hetero) is 1. The van der Waals surface area contributed by atoms with Crippen LogP contribution in [-0.4, -0.2) is 17.9 Å². The lowest BCUT2D eigenvalue weighted by Crippen LogP contribution is -2.47. The second kappa shape index (κ2) is 7.37. The van der Waals surface area contributed by atoms with E-state index in [1.54, 1.807) is 18.2 Å². The Bertz CT molecular complexity index is 709. The third kappa shape index (κ3) is 3.47. The van der Waals surface area contributed by atoms with Crippen molar-refractivity contribution in [3.63, 3.8) is 0 Å². The first-order chi connectivity index (χ1) is 11.6. The first-order valence-electron chi connectivity index (χ1n) is 8.47. The second-order valence-electron chi connectivity index (χ2n) is 6.25. The highest BCUT2D eigenvalue weighted by molar-refractivity contribution is 6.32. The van der Waals surface area contributed by atoms with E-state index in [2.05, 4.69) is 12.2 Å². The van der Waals surface area contributed by atoms with Gasteiger partial charge in [0.2, 0.25) is 0 Å². The highest BCUT2D eigenvalue weighted by atomic mass is 35.5. The van der Waals surface area contributed by atoms with Gasteiger partial charge in [-0.15, -0.1) is 0 Å². The molecule has 3 nitrogen and oxygen atoms in total. The summed E-state index contributed by atoms with van der Waals surface area (Å²) >= 11 is 6.25. The minimum atomic E-state index is -0.438. The largest absolute Gasteiger partial charge is 0.456 e. The molecule has 126 valence electrons. The zero-order valence-electron chi connectivity index (χ0n) is 13.8. The molecule has 2 aromatic carbocycles. The van der Waals surface area contributed by atoms with Gasteiger partial charge in [0, 0.05) is 5.56 Å². The fraction of sp³-hybridized carbons (Fsp3) is 0.350. The molecule has 0 unspecified atom stereocenters. The van der Waals surface area contributed by atoms with Crippen LogP contribution in [0, 0.1) is 0 Å². The standard InChI is InChI=1S/C20H22ClNO2/c1-2-11-20(12-6-13-22-20)19(23)15-9-10-17(21)18(14-15)24-16-7-4-3-5-8-16/h3-5,7-10,14,22H,2,6,11-13H2,1H3/t20-/m1/s1.